The van der Waals surface area contributed by atoms with Crippen molar-refractivity contribution in [2.24, 2.45) is 0 Å². The van der Waals surface area contributed by atoms with Gasteiger partial charge in [-0.1, -0.05) is 0 Å². The molecule has 13 heavy (non-hydrogen) atoms. The molecule has 0 aromatic rings. The van der Waals surface area contributed by atoms with E-state index in [-0.39, 0.29) is 24.8 Å². The second-order valence-electron chi connectivity index (χ2n) is 2.68. The van der Waals surface area contributed by atoms with E-state index in [2.05, 4.69) is 10.6 Å². The minimum atomic E-state index is -0.329. The number of methoxy groups -OCH3 is 2. The molecule has 2 N–H and O–H groups in total. The Morgan fingerprint density at radius 1 is 1.38 bits per heavy atom. The monoisotopic (exact) mass is 190 g/mol. The standard InChI is InChI=1S/C8H18N2O3/c1-6(8(12-3)13-4)10-5-7(11)9-2/h6,8,10H,5H2,1-4H3,(H,9,11). The van der Waals surface area contributed by atoms with Crippen molar-refractivity contribution in [2.75, 3.05) is 27.8 Å². The van der Waals surface area contributed by atoms with Crippen molar-refractivity contribution in [3.8, 4) is 0 Å². The number of nitrogens with one attached hydrogen (secondary N) is 2. The first-order valence-corrected chi connectivity index (χ1v) is 4.15. The number of carbonyl (C=O) groups is 1. The fourth-order valence-corrected chi connectivity index (χ4v) is 0.943. The van der Waals surface area contributed by atoms with Gasteiger partial charge in [0.25, 0.3) is 0 Å². The van der Waals surface area contributed by atoms with E-state index in [0.717, 1.165) is 0 Å². The summed E-state index contributed by atoms with van der Waals surface area (Å²) in [5, 5.41) is 5.49. The largest absolute Gasteiger partial charge is 0.358 e. The predicted molar refractivity (Wildman–Crippen MR) is 49.3 cm³/mol. The number of amides is 1. The number of carbonyl (C=O) groups excluding carboxylic acids is 1. The lowest BCUT2D eigenvalue weighted by Gasteiger charge is -2.21. The van der Waals surface area contributed by atoms with Crippen LogP contribution in [0.15, 0.2) is 0 Å². The van der Waals surface area contributed by atoms with Crippen LogP contribution in [0.3, 0.4) is 0 Å². The fraction of sp³-hybridized carbons (Fsp3) is 0.875. The number of rotatable bonds is 6. The molecule has 1 unspecified atom stereocenters. The van der Waals surface area contributed by atoms with Crippen molar-refractivity contribution >= 4 is 5.91 Å². The van der Waals surface area contributed by atoms with E-state index in [1.54, 1.807) is 21.3 Å². The summed E-state index contributed by atoms with van der Waals surface area (Å²) >= 11 is 0. The van der Waals surface area contributed by atoms with Gasteiger partial charge in [-0.15, -0.1) is 0 Å². The lowest BCUT2D eigenvalue weighted by molar-refractivity contribution is -0.126. The van der Waals surface area contributed by atoms with Crippen molar-refractivity contribution < 1.29 is 14.3 Å². The smallest absolute Gasteiger partial charge is 0.233 e. The summed E-state index contributed by atoms with van der Waals surface area (Å²) in [7, 11) is 4.72. The van der Waals surface area contributed by atoms with Gasteiger partial charge in [0.15, 0.2) is 6.29 Å². The van der Waals surface area contributed by atoms with Crippen LogP contribution in [0.1, 0.15) is 6.92 Å². The first-order chi connectivity index (χ1) is 6.15. The summed E-state index contributed by atoms with van der Waals surface area (Å²) in [6.07, 6.45) is -0.329. The lowest BCUT2D eigenvalue weighted by atomic mass is 10.3. The average molecular weight is 190 g/mol. The van der Waals surface area contributed by atoms with Gasteiger partial charge in [0, 0.05) is 21.3 Å². The molecule has 0 aromatic carbocycles. The Morgan fingerprint density at radius 3 is 2.31 bits per heavy atom. The SMILES string of the molecule is CNC(=O)CNC(C)C(OC)OC. The molecule has 0 rings (SSSR count). The van der Waals surface area contributed by atoms with E-state index < -0.39 is 0 Å². The molecule has 5 nitrogen and oxygen atoms in total. The quantitative estimate of drug-likeness (QED) is 0.545. The Hall–Kier alpha value is -0.650. The summed E-state index contributed by atoms with van der Waals surface area (Å²) in [5.74, 6) is -0.0576. The molecule has 0 aliphatic heterocycles. The normalized spacial score (nSPS) is 13.0. The zero-order valence-electron chi connectivity index (χ0n) is 8.59. The van der Waals surface area contributed by atoms with Crippen LogP contribution in [0, 0.1) is 0 Å². The second-order valence-corrected chi connectivity index (χ2v) is 2.68. The van der Waals surface area contributed by atoms with E-state index in [4.69, 9.17) is 9.47 Å². The van der Waals surface area contributed by atoms with Crippen LogP contribution < -0.4 is 10.6 Å². The van der Waals surface area contributed by atoms with Crippen molar-refractivity contribution in [3.05, 3.63) is 0 Å². The molecule has 0 bridgehead atoms. The van der Waals surface area contributed by atoms with Crippen LogP contribution >= 0.6 is 0 Å². The molecule has 0 fully saturated rings. The second kappa shape index (κ2) is 6.82. The zero-order chi connectivity index (χ0) is 10.3. The highest BCUT2D eigenvalue weighted by Crippen LogP contribution is 1.97. The third kappa shape index (κ3) is 4.82. The van der Waals surface area contributed by atoms with E-state index in [1.807, 2.05) is 6.92 Å². The number of ether oxygens (including phenoxy) is 2. The molecule has 78 valence electrons. The first-order valence-electron chi connectivity index (χ1n) is 4.15. The minimum Gasteiger partial charge on any atom is -0.358 e. The van der Waals surface area contributed by atoms with Gasteiger partial charge in [0.1, 0.15) is 0 Å². The van der Waals surface area contributed by atoms with Gasteiger partial charge in [0.2, 0.25) is 5.91 Å². The van der Waals surface area contributed by atoms with Crippen LogP contribution in [0.4, 0.5) is 0 Å². The molecule has 0 aliphatic rings. The van der Waals surface area contributed by atoms with Gasteiger partial charge in [-0.3, -0.25) is 4.79 Å². The Balaban J connectivity index is 3.71. The highest BCUT2D eigenvalue weighted by Gasteiger charge is 2.15. The molecule has 1 atom stereocenters. The van der Waals surface area contributed by atoms with Gasteiger partial charge >= 0.3 is 0 Å². The van der Waals surface area contributed by atoms with Gasteiger partial charge < -0.3 is 20.1 Å². The van der Waals surface area contributed by atoms with Crippen molar-refractivity contribution in [1.82, 2.24) is 10.6 Å². The van der Waals surface area contributed by atoms with E-state index >= 15 is 0 Å². The highest BCUT2D eigenvalue weighted by atomic mass is 16.7. The maximum absolute atomic E-state index is 10.9. The maximum Gasteiger partial charge on any atom is 0.233 e. The van der Waals surface area contributed by atoms with Crippen LogP contribution in [0.2, 0.25) is 0 Å². The molecule has 0 saturated carbocycles. The highest BCUT2D eigenvalue weighted by molar-refractivity contribution is 5.77. The van der Waals surface area contributed by atoms with Crippen LogP contribution in [-0.4, -0.2) is 46.1 Å². The summed E-state index contributed by atoms with van der Waals surface area (Å²) in [5.41, 5.74) is 0. The topological polar surface area (TPSA) is 59.6 Å². The Bertz CT molecular complexity index is 148. The number of likely N-dealkylation sites (N-methyl/N-ethyl adjacent to an activating group) is 1. The van der Waals surface area contributed by atoms with Gasteiger partial charge in [-0.25, -0.2) is 0 Å². The third-order valence-electron chi connectivity index (χ3n) is 1.74. The molecular weight excluding hydrogens is 172 g/mol. The molecule has 0 aliphatic carbocycles. The molecule has 0 saturated heterocycles. The van der Waals surface area contributed by atoms with Gasteiger partial charge in [-0.05, 0) is 6.92 Å². The average Bonchev–Trinajstić information content (AvgIpc) is 2.16. The van der Waals surface area contributed by atoms with E-state index in [1.165, 1.54) is 0 Å². The summed E-state index contributed by atoms with van der Waals surface area (Å²) in [4.78, 5) is 10.9. The summed E-state index contributed by atoms with van der Waals surface area (Å²) in [6.45, 7) is 2.15. The molecule has 0 aromatic heterocycles. The van der Waals surface area contributed by atoms with Crippen molar-refractivity contribution in [3.63, 3.8) is 0 Å². The van der Waals surface area contributed by atoms with Crippen molar-refractivity contribution in [2.45, 2.75) is 19.3 Å². The molecule has 5 heteroatoms. The fourth-order valence-electron chi connectivity index (χ4n) is 0.943. The number of hydrogen-bond donors (Lipinski definition) is 2. The van der Waals surface area contributed by atoms with Gasteiger partial charge in [0.05, 0.1) is 12.6 Å². The summed E-state index contributed by atoms with van der Waals surface area (Å²) < 4.78 is 10.0. The summed E-state index contributed by atoms with van der Waals surface area (Å²) in [6, 6.07) is -0.0210. The maximum atomic E-state index is 10.9. The minimum absolute atomic E-state index is 0.0210. The lowest BCUT2D eigenvalue weighted by Crippen LogP contribution is -2.44. The van der Waals surface area contributed by atoms with Crippen molar-refractivity contribution in [1.29, 1.82) is 0 Å². The molecule has 1 amide bonds. The third-order valence-corrected chi connectivity index (χ3v) is 1.74. The van der Waals surface area contributed by atoms with Gasteiger partial charge in [-0.2, -0.15) is 0 Å². The van der Waals surface area contributed by atoms with Crippen LogP contribution in [0.25, 0.3) is 0 Å². The van der Waals surface area contributed by atoms with Crippen LogP contribution in [0.5, 0.6) is 0 Å². The molecular formula is C8H18N2O3. The predicted octanol–water partition coefficient (Wildman–Crippen LogP) is -0.671. The molecule has 0 heterocycles. The number of hydrogen-bond acceptors (Lipinski definition) is 4. The van der Waals surface area contributed by atoms with E-state index in [0.29, 0.717) is 0 Å². The molecule has 0 spiro atoms. The zero-order valence-corrected chi connectivity index (χ0v) is 8.59. The Morgan fingerprint density at radius 2 is 1.92 bits per heavy atom. The molecule has 0 radical (unpaired) electrons. The Kier molecular flexibility index (Phi) is 6.48. The van der Waals surface area contributed by atoms with Crippen LogP contribution in [-0.2, 0) is 14.3 Å². The first kappa shape index (κ1) is 12.3. The van der Waals surface area contributed by atoms with E-state index in [9.17, 15) is 4.79 Å². The Labute approximate surface area is 78.8 Å².